The van der Waals surface area contributed by atoms with Crippen LogP contribution in [0.4, 0.5) is 0 Å². The van der Waals surface area contributed by atoms with E-state index < -0.39 is 0 Å². The molecule has 0 bridgehead atoms. The summed E-state index contributed by atoms with van der Waals surface area (Å²) in [6.45, 7) is 3.05. The smallest absolute Gasteiger partial charge is 0.254 e. The third-order valence-corrected chi connectivity index (χ3v) is 4.00. The average Bonchev–Trinajstić information content (AvgIpc) is 2.55. The Balaban J connectivity index is 2.16. The van der Waals surface area contributed by atoms with Gasteiger partial charge in [-0.1, -0.05) is 6.07 Å². The van der Waals surface area contributed by atoms with Crippen LogP contribution in [0.15, 0.2) is 24.3 Å². The second kappa shape index (κ2) is 8.15. The zero-order valence-corrected chi connectivity index (χ0v) is 13.7. The van der Waals surface area contributed by atoms with E-state index >= 15 is 0 Å². The predicted molar refractivity (Wildman–Crippen MR) is 86.4 cm³/mol. The highest BCUT2D eigenvalue weighted by molar-refractivity contribution is 5.94. The molecule has 1 fully saturated rings. The van der Waals surface area contributed by atoms with Crippen molar-refractivity contribution in [2.45, 2.75) is 18.9 Å². The molecule has 1 aromatic carbocycles. The van der Waals surface area contributed by atoms with Crippen LogP contribution in [0.1, 0.15) is 23.2 Å². The SMILES string of the molecule is COc1cccc(C(=O)N(CCN(C)C)C2CCOCC2)c1. The van der Waals surface area contributed by atoms with Gasteiger partial charge in [0.2, 0.25) is 0 Å². The Morgan fingerprint density at radius 3 is 2.64 bits per heavy atom. The van der Waals surface area contributed by atoms with Crippen molar-refractivity contribution in [2.75, 3.05) is 47.5 Å². The number of hydrogen-bond donors (Lipinski definition) is 0. The number of ether oxygens (including phenoxy) is 2. The molecule has 0 radical (unpaired) electrons. The zero-order chi connectivity index (χ0) is 15.9. The maximum atomic E-state index is 12.9. The molecule has 5 heteroatoms. The minimum Gasteiger partial charge on any atom is -0.497 e. The fourth-order valence-electron chi connectivity index (χ4n) is 2.68. The molecule has 0 unspecified atom stereocenters. The Morgan fingerprint density at radius 2 is 2.00 bits per heavy atom. The first kappa shape index (κ1) is 16.8. The predicted octanol–water partition coefficient (Wildman–Crippen LogP) is 1.88. The van der Waals surface area contributed by atoms with E-state index in [9.17, 15) is 4.79 Å². The zero-order valence-electron chi connectivity index (χ0n) is 13.7. The van der Waals surface area contributed by atoms with Crippen LogP contribution in [0.25, 0.3) is 0 Å². The van der Waals surface area contributed by atoms with Gasteiger partial charge in [-0.05, 0) is 45.1 Å². The van der Waals surface area contributed by atoms with Crippen LogP contribution in [-0.4, -0.2) is 69.3 Å². The molecule has 0 aromatic heterocycles. The van der Waals surface area contributed by atoms with Gasteiger partial charge in [0.15, 0.2) is 0 Å². The van der Waals surface area contributed by atoms with E-state index in [1.807, 2.05) is 43.3 Å². The van der Waals surface area contributed by atoms with Gasteiger partial charge in [0.1, 0.15) is 5.75 Å². The number of rotatable bonds is 6. The van der Waals surface area contributed by atoms with E-state index in [-0.39, 0.29) is 11.9 Å². The second-order valence-electron chi connectivity index (χ2n) is 5.88. The molecule has 1 heterocycles. The van der Waals surface area contributed by atoms with Crippen LogP contribution in [0.5, 0.6) is 5.75 Å². The fraction of sp³-hybridized carbons (Fsp3) is 0.588. The summed E-state index contributed by atoms with van der Waals surface area (Å²) in [5.74, 6) is 0.790. The van der Waals surface area contributed by atoms with E-state index in [1.54, 1.807) is 7.11 Å². The van der Waals surface area contributed by atoms with Gasteiger partial charge in [-0.15, -0.1) is 0 Å². The van der Waals surface area contributed by atoms with Gasteiger partial charge in [0.05, 0.1) is 7.11 Å². The summed E-state index contributed by atoms with van der Waals surface area (Å²) in [5, 5.41) is 0. The number of methoxy groups -OCH3 is 1. The van der Waals surface area contributed by atoms with Crippen molar-refractivity contribution in [1.29, 1.82) is 0 Å². The molecule has 22 heavy (non-hydrogen) atoms. The Bertz CT molecular complexity index is 485. The van der Waals surface area contributed by atoms with Gasteiger partial charge in [-0.3, -0.25) is 4.79 Å². The summed E-state index contributed by atoms with van der Waals surface area (Å²) >= 11 is 0. The highest BCUT2D eigenvalue weighted by atomic mass is 16.5. The lowest BCUT2D eigenvalue weighted by Crippen LogP contribution is -2.46. The molecule has 0 spiro atoms. The monoisotopic (exact) mass is 306 g/mol. The minimum absolute atomic E-state index is 0.0765. The van der Waals surface area contributed by atoms with Gasteiger partial charge in [0, 0.05) is 37.9 Å². The van der Waals surface area contributed by atoms with Crippen LogP contribution >= 0.6 is 0 Å². The van der Waals surface area contributed by atoms with Crippen molar-refractivity contribution in [2.24, 2.45) is 0 Å². The summed E-state index contributed by atoms with van der Waals surface area (Å²) in [6, 6.07) is 7.64. The highest BCUT2D eigenvalue weighted by Gasteiger charge is 2.26. The Hall–Kier alpha value is -1.59. The second-order valence-corrected chi connectivity index (χ2v) is 5.88. The molecule has 1 amide bonds. The van der Waals surface area contributed by atoms with Gasteiger partial charge in [0.25, 0.3) is 5.91 Å². The van der Waals surface area contributed by atoms with Gasteiger partial charge in [-0.2, -0.15) is 0 Å². The number of likely N-dealkylation sites (N-methyl/N-ethyl adjacent to an activating group) is 1. The summed E-state index contributed by atoms with van der Waals surface area (Å²) in [6.07, 6.45) is 1.81. The van der Waals surface area contributed by atoms with E-state index in [0.29, 0.717) is 11.3 Å². The van der Waals surface area contributed by atoms with Crippen LogP contribution in [0.2, 0.25) is 0 Å². The third kappa shape index (κ3) is 4.45. The average molecular weight is 306 g/mol. The quantitative estimate of drug-likeness (QED) is 0.805. The van der Waals surface area contributed by atoms with E-state index in [1.165, 1.54) is 0 Å². The molecule has 122 valence electrons. The summed E-state index contributed by atoms with van der Waals surface area (Å²) in [5.41, 5.74) is 0.685. The normalized spacial score (nSPS) is 15.8. The number of carbonyl (C=O) groups excluding carboxylic acids is 1. The van der Waals surface area contributed by atoms with Crippen molar-refractivity contribution >= 4 is 5.91 Å². The van der Waals surface area contributed by atoms with Crippen LogP contribution in [0, 0.1) is 0 Å². The van der Waals surface area contributed by atoms with E-state index in [0.717, 1.165) is 39.1 Å². The number of benzene rings is 1. The number of nitrogens with zero attached hydrogens (tertiary/aromatic N) is 2. The lowest BCUT2D eigenvalue weighted by Gasteiger charge is -2.35. The molecule has 2 rings (SSSR count). The minimum atomic E-state index is 0.0765. The van der Waals surface area contributed by atoms with Crippen molar-refractivity contribution in [3.8, 4) is 5.75 Å². The summed E-state index contributed by atoms with van der Waals surface area (Å²) < 4.78 is 10.7. The maximum Gasteiger partial charge on any atom is 0.254 e. The van der Waals surface area contributed by atoms with Crippen LogP contribution in [-0.2, 0) is 4.74 Å². The highest BCUT2D eigenvalue weighted by Crippen LogP contribution is 2.20. The molecule has 1 aliphatic heterocycles. The standard InChI is InChI=1S/C17H26N2O3/c1-18(2)9-10-19(15-7-11-22-12-8-15)17(20)14-5-4-6-16(13-14)21-3/h4-6,13,15H,7-12H2,1-3H3. The molecule has 1 saturated heterocycles. The van der Waals surface area contributed by atoms with Crippen molar-refractivity contribution in [3.05, 3.63) is 29.8 Å². The molecule has 5 nitrogen and oxygen atoms in total. The first-order valence-corrected chi connectivity index (χ1v) is 7.79. The van der Waals surface area contributed by atoms with Crippen molar-refractivity contribution in [3.63, 3.8) is 0 Å². The first-order chi connectivity index (χ1) is 10.6. The Labute approximate surface area is 132 Å². The molecule has 1 aromatic rings. The molecule has 0 saturated carbocycles. The van der Waals surface area contributed by atoms with Crippen LogP contribution in [0.3, 0.4) is 0 Å². The molecule has 1 aliphatic rings. The number of amides is 1. The Kier molecular flexibility index (Phi) is 6.21. The largest absolute Gasteiger partial charge is 0.497 e. The van der Waals surface area contributed by atoms with Crippen molar-refractivity contribution in [1.82, 2.24) is 9.80 Å². The molecular weight excluding hydrogens is 280 g/mol. The topological polar surface area (TPSA) is 42.0 Å². The van der Waals surface area contributed by atoms with Gasteiger partial charge in [-0.25, -0.2) is 0 Å². The van der Waals surface area contributed by atoms with Gasteiger partial charge < -0.3 is 19.3 Å². The molecular formula is C17H26N2O3. The van der Waals surface area contributed by atoms with Crippen molar-refractivity contribution < 1.29 is 14.3 Å². The maximum absolute atomic E-state index is 12.9. The third-order valence-electron chi connectivity index (χ3n) is 4.00. The first-order valence-electron chi connectivity index (χ1n) is 7.79. The Morgan fingerprint density at radius 1 is 1.27 bits per heavy atom. The lowest BCUT2D eigenvalue weighted by atomic mass is 10.0. The van der Waals surface area contributed by atoms with Crippen LogP contribution < -0.4 is 4.74 Å². The summed E-state index contributed by atoms with van der Waals surface area (Å²) in [4.78, 5) is 17.0. The fourth-order valence-corrected chi connectivity index (χ4v) is 2.68. The lowest BCUT2D eigenvalue weighted by molar-refractivity contribution is 0.0276. The molecule has 0 aliphatic carbocycles. The van der Waals surface area contributed by atoms with E-state index in [4.69, 9.17) is 9.47 Å². The van der Waals surface area contributed by atoms with E-state index in [2.05, 4.69) is 4.90 Å². The molecule has 0 N–H and O–H groups in total. The molecule has 0 atom stereocenters. The van der Waals surface area contributed by atoms with Gasteiger partial charge >= 0.3 is 0 Å². The number of carbonyl (C=O) groups is 1. The number of hydrogen-bond acceptors (Lipinski definition) is 4. The summed E-state index contributed by atoms with van der Waals surface area (Å²) in [7, 11) is 5.67.